The van der Waals surface area contributed by atoms with Crippen molar-refractivity contribution in [1.29, 1.82) is 0 Å². The molecular weight excluding hydrogens is 262 g/mol. The molecular formula is C18H19NO2. The average molecular weight is 281 g/mol. The molecule has 0 amide bonds. The van der Waals surface area contributed by atoms with Gasteiger partial charge in [-0.25, -0.2) is 0 Å². The maximum Gasteiger partial charge on any atom is 0.185 e. The van der Waals surface area contributed by atoms with Crippen LogP contribution in [0.5, 0.6) is 5.75 Å². The molecule has 0 bridgehead atoms. The Kier molecular flexibility index (Phi) is 4.77. The summed E-state index contributed by atoms with van der Waals surface area (Å²) in [5.41, 5.74) is 7.91. The molecule has 2 N–H and O–H groups in total. The van der Waals surface area contributed by atoms with Crippen molar-refractivity contribution in [2.24, 2.45) is 0 Å². The van der Waals surface area contributed by atoms with E-state index in [2.05, 4.69) is 0 Å². The molecule has 0 atom stereocenters. The number of benzene rings is 2. The van der Waals surface area contributed by atoms with E-state index < -0.39 is 0 Å². The maximum absolute atomic E-state index is 12.1. The topological polar surface area (TPSA) is 52.3 Å². The Hall–Kier alpha value is -2.55. The van der Waals surface area contributed by atoms with Gasteiger partial charge >= 0.3 is 0 Å². The molecule has 0 fully saturated rings. The minimum absolute atomic E-state index is 0.0390. The zero-order valence-corrected chi connectivity index (χ0v) is 12.2. The first-order valence-corrected chi connectivity index (χ1v) is 6.89. The van der Waals surface area contributed by atoms with Crippen molar-refractivity contribution in [3.8, 4) is 5.75 Å². The molecule has 0 aromatic heterocycles. The molecule has 0 unspecified atom stereocenters. The van der Waals surface area contributed by atoms with Gasteiger partial charge in [0.25, 0.3) is 0 Å². The molecule has 0 radical (unpaired) electrons. The van der Waals surface area contributed by atoms with E-state index in [-0.39, 0.29) is 11.9 Å². The highest BCUT2D eigenvalue weighted by molar-refractivity contribution is 6.06. The lowest BCUT2D eigenvalue weighted by molar-refractivity contribution is 0.104. The molecule has 0 aliphatic rings. The first-order chi connectivity index (χ1) is 10.0. The number of carbonyl (C=O) groups is 1. The molecule has 2 rings (SSSR count). The summed E-state index contributed by atoms with van der Waals surface area (Å²) in [6.07, 6.45) is 3.46. The van der Waals surface area contributed by atoms with Crippen molar-refractivity contribution in [3.05, 3.63) is 65.7 Å². The number of ether oxygens (including phenoxy) is 1. The number of anilines is 1. The Balaban J connectivity index is 2.04. The van der Waals surface area contributed by atoms with E-state index in [4.69, 9.17) is 10.5 Å². The van der Waals surface area contributed by atoms with Crippen LogP contribution in [0, 0.1) is 0 Å². The highest BCUT2D eigenvalue weighted by atomic mass is 16.5. The number of hydrogen-bond donors (Lipinski definition) is 1. The highest BCUT2D eigenvalue weighted by Crippen LogP contribution is 2.15. The molecule has 3 nitrogen and oxygen atoms in total. The predicted octanol–water partition coefficient (Wildman–Crippen LogP) is 3.95. The highest BCUT2D eigenvalue weighted by Gasteiger charge is 2.03. The average Bonchev–Trinajstić information content (AvgIpc) is 2.46. The number of ketones is 1. The lowest BCUT2D eigenvalue weighted by Crippen LogP contribution is -2.05. The second-order valence-electron chi connectivity index (χ2n) is 5.06. The predicted molar refractivity (Wildman–Crippen MR) is 86.4 cm³/mol. The quantitative estimate of drug-likeness (QED) is 0.513. The first kappa shape index (κ1) is 14.9. The summed E-state index contributed by atoms with van der Waals surface area (Å²) in [4.78, 5) is 12.1. The number of hydrogen-bond acceptors (Lipinski definition) is 3. The van der Waals surface area contributed by atoms with Gasteiger partial charge in [-0.15, -0.1) is 0 Å². The standard InChI is InChI=1S/C18H19NO2/c1-13(2)21-17-10-6-15(7-11-17)18(20)12-5-14-3-8-16(19)9-4-14/h3-13H,19H2,1-2H3/b12-5+. The van der Waals surface area contributed by atoms with Gasteiger partial charge in [0.1, 0.15) is 5.75 Å². The van der Waals surface area contributed by atoms with E-state index >= 15 is 0 Å². The third kappa shape index (κ3) is 4.49. The Morgan fingerprint density at radius 1 is 1.05 bits per heavy atom. The molecule has 2 aromatic rings. The van der Waals surface area contributed by atoms with Crippen LogP contribution < -0.4 is 10.5 Å². The van der Waals surface area contributed by atoms with Crippen LogP contribution in [0.2, 0.25) is 0 Å². The molecule has 0 spiro atoms. The van der Waals surface area contributed by atoms with Crippen molar-refractivity contribution in [2.75, 3.05) is 5.73 Å². The van der Waals surface area contributed by atoms with E-state index in [9.17, 15) is 4.79 Å². The third-order valence-corrected chi connectivity index (χ3v) is 2.87. The van der Waals surface area contributed by atoms with Crippen molar-refractivity contribution < 1.29 is 9.53 Å². The van der Waals surface area contributed by atoms with Crippen LogP contribution in [0.25, 0.3) is 6.08 Å². The van der Waals surface area contributed by atoms with E-state index in [0.717, 1.165) is 11.3 Å². The molecule has 2 aromatic carbocycles. The number of nitrogen functional groups attached to an aromatic ring is 1. The first-order valence-electron chi connectivity index (χ1n) is 6.89. The van der Waals surface area contributed by atoms with E-state index in [1.807, 2.05) is 50.2 Å². The molecule has 0 saturated carbocycles. The molecule has 0 aliphatic carbocycles. The lowest BCUT2D eigenvalue weighted by atomic mass is 10.1. The van der Waals surface area contributed by atoms with Crippen LogP contribution in [-0.2, 0) is 0 Å². The lowest BCUT2D eigenvalue weighted by Gasteiger charge is -2.09. The summed E-state index contributed by atoms with van der Waals surface area (Å²) in [6, 6.07) is 14.5. The summed E-state index contributed by atoms with van der Waals surface area (Å²) >= 11 is 0. The van der Waals surface area contributed by atoms with E-state index in [1.54, 1.807) is 24.3 Å². The Morgan fingerprint density at radius 3 is 2.24 bits per heavy atom. The number of carbonyl (C=O) groups excluding carboxylic acids is 1. The second kappa shape index (κ2) is 6.75. The normalized spacial score (nSPS) is 11.0. The van der Waals surface area contributed by atoms with Gasteiger partial charge in [0.05, 0.1) is 6.10 Å². The minimum Gasteiger partial charge on any atom is -0.491 e. The van der Waals surface area contributed by atoms with Gasteiger partial charge in [0.15, 0.2) is 5.78 Å². The van der Waals surface area contributed by atoms with Crippen molar-refractivity contribution in [3.63, 3.8) is 0 Å². The van der Waals surface area contributed by atoms with Gasteiger partial charge in [-0.05, 0) is 61.9 Å². The Morgan fingerprint density at radius 2 is 1.67 bits per heavy atom. The van der Waals surface area contributed by atoms with Gasteiger partial charge in [0, 0.05) is 11.3 Å². The van der Waals surface area contributed by atoms with Crippen LogP contribution in [0.3, 0.4) is 0 Å². The third-order valence-electron chi connectivity index (χ3n) is 2.87. The fraction of sp³-hybridized carbons (Fsp3) is 0.167. The van der Waals surface area contributed by atoms with Gasteiger partial charge < -0.3 is 10.5 Å². The summed E-state index contributed by atoms with van der Waals surface area (Å²) < 4.78 is 5.55. The zero-order valence-electron chi connectivity index (χ0n) is 12.2. The molecule has 0 saturated heterocycles. The van der Waals surface area contributed by atoms with E-state index in [1.165, 1.54) is 0 Å². The van der Waals surface area contributed by atoms with Gasteiger partial charge in [-0.1, -0.05) is 18.2 Å². The Bertz CT molecular complexity index is 625. The smallest absolute Gasteiger partial charge is 0.185 e. The van der Waals surface area contributed by atoms with Crippen molar-refractivity contribution in [1.82, 2.24) is 0 Å². The summed E-state index contributed by atoms with van der Waals surface area (Å²) in [7, 11) is 0. The molecule has 21 heavy (non-hydrogen) atoms. The monoisotopic (exact) mass is 281 g/mol. The largest absolute Gasteiger partial charge is 0.491 e. The SMILES string of the molecule is CC(C)Oc1ccc(C(=O)/C=C/c2ccc(N)cc2)cc1. The van der Waals surface area contributed by atoms with Crippen molar-refractivity contribution >= 4 is 17.5 Å². The minimum atomic E-state index is -0.0390. The van der Waals surface area contributed by atoms with Crippen LogP contribution >= 0.6 is 0 Å². The molecule has 0 aliphatic heterocycles. The van der Waals surface area contributed by atoms with E-state index in [0.29, 0.717) is 11.3 Å². The molecule has 0 heterocycles. The van der Waals surface area contributed by atoms with Crippen LogP contribution in [0.1, 0.15) is 29.8 Å². The van der Waals surface area contributed by atoms with Crippen LogP contribution in [-0.4, -0.2) is 11.9 Å². The van der Waals surface area contributed by atoms with Crippen molar-refractivity contribution in [2.45, 2.75) is 20.0 Å². The zero-order chi connectivity index (χ0) is 15.2. The molecule has 3 heteroatoms. The number of rotatable bonds is 5. The summed E-state index contributed by atoms with van der Waals surface area (Å²) in [5, 5.41) is 0. The van der Waals surface area contributed by atoms with Crippen LogP contribution in [0.15, 0.2) is 54.6 Å². The van der Waals surface area contributed by atoms with Gasteiger partial charge in [-0.2, -0.15) is 0 Å². The fourth-order valence-electron chi connectivity index (χ4n) is 1.85. The second-order valence-corrected chi connectivity index (χ2v) is 5.06. The van der Waals surface area contributed by atoms with Crippen LogP contribution in [0.4, 0.5) is 5.69 Å². The Labute approximate surface area is 125 Å². The fourth-order valence-corrected chi connectivity index (χ4v) is 1.85. The molecule has 108 valence electrons. The van der Waals surface area contributed by atoms with Gasteiger partial charge in [-0.3, -0.25) is 4.79 Å². The number of allylic oxidation sites excluding steroid dienone is 1. The summed E-state index contributed by atoms with van der Waals surface area (Å²) in [5.74, 6) is 0.729. The maximum atomic E-state index is 12.1. The number of nitrogens with two attached hydrogens (primary N) is 1. The summed E-state index contributed by atoms with van der Waals surface area (Å²) in [6.45, 7) is 3.93. The van der Waals surface area contributed by atoms with Gasteiger partial charge in [0.2, 0.25) is 0 Å².